The van der Waals surface area contributed by atoms with Gasteiger partial charge in [-0.25, -0.2) is 5.01 Å². The molecule has 1 atom stereocenters. The second-order valence-corrected chi connectivity index (χ2v) is 7.22. The summed E-state index contributed by atoms with van der Waals surface area (Å²) in [5.74, 6) is -0.566. The average Bonchev–Trinajstić information content (AvgIpc) is 2.84. The summed E-state index contributed by atoms with van der Waals surface area (Å²) >= 11 is 0. The van der Waals surface area contributed by atoms with Crippen LogP contribution in [0, 0.1) is 10.1 Å². The molecule has 3 N–H and O–H groups in total. The summed E-state index contributed by atoms with van der Waals surface area (Å²) < 4.78 is 10.3. The number of nitrogens with zero attached hydrogens (tertiary/aromatic N) is 3. The van der Waals surface area contributed by atoms with Crippen molar-refractivity contribution in [3.8, 4) is 23.0 Å². The first-order valence-electron chi connectivity index (χ1n) is 10.00. The summed E-state index contributed by atoms with van der Waals surface area (Å²) in [5.41, 5.74) is 0.691. The SMILES string of the molecule is COc1cccc(/C=N\N2C(=O)c3ccc([N+](=O)[O-])cc3N[C@@H]2c2cccc(OC)c2O)c1O. The molecule has 0 unspecified atom stereocenters. The summed E-state index contributed by atoms with van der Waals surface area (Å²) in [5, 5.41) is 40.7. The fourth-order valence-electron chi connectivity index (χ4n) is 3.59. The highest BCUT2D eigenvalue weighted by Gasteiger charge is 2.36. The number of carbonyl (C=O) groups is 1. The second kappa shape index (κ2) is 8.98. The highest BCUT2D eigenvalue weighted by molar-refractivity contribution is 6.02. The number of nitrogens with one attached hydrogen (secondary N) is 1. The number of methoxy groups -OCH3 is 2. The summed E-state index contributed by atoms with van der Waals surface area (Å²) in [7, 11) is 2.80. The third kappa shape index (κ3) is 3.90. The fourth-order valence-corrected chi connectivity index (χ4v) is 3.59. The van der Waals surface area contributed by atoms with Gasteiger partial charge in [-0.2, -0.15) is 5.10 Å². The standard InChI is InChI=1S/C23H20N4O7/c1-33-18-7-3-5-13(20(18)28)12-24-26-22(16-6-4-8-19(34-2)21(16)29)25-17-11-14(27(31)32)9-10-15(17)23(26)30/h3-12,22,25,28-29H,1-2H3/b24-12-/t22-/m0/s1. The Morgan fingerprint density at radius 1 is 1.06 bits per heavy atom. The number of para-hydroxylation sites is 2. The minimum atomic E-state index is -1.04. The molecule has 0 bridgehead atoms. The van der Waals surface area contributed by atoms with Crippen LogP contribution in [0.15, 0.2) is 59.7 Å². The molecule has 0 aromatic heterocycles. The van der Waals surface area contributed by atoms with E-state index in [9.17, 15) is 25.1 Å². The van der Waals surface area contributed by atoms with Crippen LogP contribution in [-0.2, 0) is 0 Å². The van der Waals surface area contributed by atoms with Crippen molar-refractivity contribution in [2.75, 3.05) is 19.5 Å². The van der Waals surface area contributed by atoms with Gasteiger partial charge in [0, 0.05) is 23.3 Å². The van der Waals surface area contributed by atoms with Crippen molar-refractivity contribution in [3.05, 3.63) is 81.4 Å². The molecule has 0 saturated heterocycles. The molecule has 1 heterocycles. The van der Waals surface area contributed by atoms with Crippen LogP contribution in [0.4, 0.5) is 11.4 Å². The number of aromatic hydroxyl groups is 2. The number of nitro benzene ring substituents is 1. The van der Waals surface area contributed by atoms with E-state index in [0.717, 1.165) is 5.01 Å². The van der Waals surface area contributed by atoms with Gasteiger partial charge < -0.3 is 25.0 Å². The number of hydrazone groups is 1. The zero-order valence-electron chi connectivity index (χ0n) is 18.1. The van der Waals surface area contributed by atoms with Crippen LogP contribution in [0.25, 0.3) is 0 Å². The molecule has 4 rings (SSSR count). The molecule has 0 fully saturated rings. The minimum absolute atomic E-state index is 0.149. The van der Waals surface area contributed by atoms with Gasteiger partial charge in [0.25, 0.3) is 11.6 Å². The minimum Gasteiger partial charge on any atom is -0.504 e. The zero-order chi connectivity index (χ0) is 24.4. The molecule has 174 valence electrons. The number of rotatable bonds is 6. The van der Waals surface area contributed by atoms with Gasteiger partial charge in [0.05, 0.1) is 36.6 Å². The Labute approximate surface area is 193 Å². The summed E-state index contributed by atoms with van der Waals surface area (Å²) in [6.07, 6.45) is 0.235. The number of carbonyl (C=O) groups excluding carboxylic acids is 1. The molecule has 0 radical (unpaired) electrons. The molecule has 34 heavy (non-hydrogen) atoms. The van der Waals surface area contributed by atoms with Gasteiger partial charge in [-0.05, 0) is 24.3 Å². The third-order valence-electron chi connectivity index (χ3n) is 5.31. The van der Waals surface area contributed by atoms with Gasteiger partial charge in [-0.15, -0.1) is 0 Å². The van der Waals surface area contributed by atoms with Gasteiger partial charge in [-0.3, -0.25) is 14.9 Å². The summed E-state index contributed by atoms with van der Waals surface area (Å²) in [6, 6.07) is 13.3. The van der Waals surface area contributed by atoms with Crippen LogP contribution in [0.3, 0.4) is 0 Å². The molecule has 11 nitrogen and oxygen atoms in total. The van der Waals surface area contributed by atoms with Crippen molar-refractivity contribution < 1.29 is 29.4 Å². The normalized spacial score (nSPS) is 15.1. The lowest BCUT2D eigenvalue weighted by Crippen LogP contribution is -2.39. The maximum absolute atomic E-state index is 13.4. The lowest BCUT2D eigenvalue weighted by atomic mass is 10.0. The molecule has 11 heteroatoms. The van der Waals surface area contributed by atoms with E-state index >= 15 is 0 Å². The molecule has 1 aliphatic rings. The van der Waals surface area contributed by atoms with E-state index in [1.165, 1.54) is 38.6 Å². The average molecular weight is 464 g/mol. The molecule has 1 aliphatic heterocycles. The van der Waals surface area contributed by atoms with E-state index in [-0.39, 0.29) is 51.1 Å². The zero-order valence-corrected chi connectivity index (χ0v) is 18.1. The van der Waals surface area contributed by atoms with Crippen molar-refractivity contribution in [3.63, 3.8) is 0 Å². The lowest BCUT2D eigenvalue weighted by molar-refractivity contribution is -0.384. The Balaban J connectivity index is 1.83. The first-order valence-corrected chi connectivity index (χ1v) is 10.00. The van der Waals surface area contributed by atoms with Crippen molar-refractivity contribution in [2.45, 2.75) is 6.17 Å². The number of anilines is 1. The predicted molar refractivity (Wildman–Crippen MR) is 123 cm³/mol. The topological polar surface area (TPSA) is 147 Å². The van der Waals surface area contributed by atoms with Gasteiger partial charge in [0.1, 0.15) is 0 Å². The van der Waals surface area contributed by atoms with Gasteiger partial charge in [0.15, 0.2) is 29.2 Å². The van der Waals surface area contributed by atoms with E-state index in [1.807, 2.05) is 0 Å². The van der Waals surface area contributed by atoms with E-state index in [0.29, 0.717) is 0 Å². The molecule has 3 aromatic rings. The maximum Gasteiger partial charge on any atom is 0.278 e. The number of phenols is 2. The number of non-ortho nitro benzene ring substituents is 1. The predicted octanol–water partition coefficient (Wildman–Crippen LogP) is 3.62. The van der Waals surface area contributed by atoms with Gasteiger partial charge in [-0.1, -0.05) is 18.2 Å². The van der Waals surface area contributed by atoms with E-state index in [2.05, 4.69) is 10.4 Å². The van der Waals surface area contributed by atoms with Crippen molar-refractivity contribution in [1.29, 1.82) is 0 Å². The van der Waals surface area contributed by atoms with Crippen LogP contribution in [0.1, 0.15) is 27.7 Å². The van der Waals surface area contributed by atoms with Crippen LogP contribution in [-0.4, -0.2) is 46.5 Å². The Morgan fingerprint density at radius 2 is 1.74 bits per heavy atom. The number of hydrogen-bond acceptors (Lipinski definition) is 9. The molecular weight excluding hydrogens is 444 g/mol. The van der Waals surface area contributed by atoms with Gasteiger partial charge >= 0.3 is 0 Å². The van der Waals surface area contributed by atoms with E-state index in [4.69, 9.17) is 9.47 Å². The maximum atomic E-state index is 13.4. The Bertz CT molecular complexity index is 1310. The van der Waals surface area contributed by atoms with Crippen molar-refractivity contribution in [1.82, 2.24) is 5.01 Å². The number of hydrogen-bond donors (Lipinski definition) is 3. The number of fused-ring (bicyclic) bond motifs is 1. The summed E-state index contributed by atoms with van der Waals surface area (Å²) in [4.78, 5) is 24.0. The molecule has 0 aliphatic carbocycles. The lowest BCUT2D eigenvalue weighted by Gasteiger charge is -2.34. The highest BCUT2D eigenvalue weighted by Crippen LogP contribution is 2.41. The first kappa shape index (κ1) is 22.4. The van der Waals surface area contributed by atoms with Crippen molar-refractivity contribution in [2.24, 2.45) is 5.10 Å². The summed E-state index contributed by atoms with van der Waals surface area (Å²) in [6.45, 7) is 0. The Hall–Kier alpha value is -4.80. The number of ether oxygens (including phenoxy) is 2. The smallest absolute Gasteiger partial charge is 0.278 e. The highest BCUT2D eigenvalue weighted by atomic mass is 16.6. The molecule has 3 aromatic carbocycles. The molecule has 1 amide bonds. The molecule has 0 saturated carbocycles. The number of phenolic OH excluding ortho intramolecular Hbond substituents is 2. The van der Waals surface area contributed by atoms with Crippen molar-refractivity contribution >= 4 is 23.5 Å². The third-order valence-corrected chi connectivity index (χ3v) is 5.31. The monoisotopic (exact) mass is 464 g/mol. The van der Waals surface area contributed by atoms with E-state index < -0.39 is 17.0 Å². The van der Waals surface area contributed by atoms with Crippen LogP contribution in [0.5, 0.6) is 23.0 Å². The number of nitro groups is 1. The number of amides is 1. The molecule has 0 spiro atoms. The van der Waals surface area contributed by atoms with Gasteiger partial charge in [0.2, 0.25) is 0 Å². The first-order chi connectivity index (χ1) is 16.3. The Morgan fingerprint density at radius 3 is 2.41 bits per heavy atom. The molecular formula is C23H20N4O7. The number of benzene rings is 3. The van der Waals surface area contributed by atoms with E-state index in [1.54, 1.807) is 36.4 Å². The quantitative estimate of drug-likeness (QED) is 0.285. The van der Waals surface area contributed by atoms with Crippen LogP contribution in [0.2, 0.25) is 0 Å². The second-order valence-electron chi connectivity index (χ2n) is 7.22. The fraction of sp³-hybridized carbons (Fsp3) is 0.130. The largest absolute Gasteiger partial charge is 0.504 e. The van der Waals surface area contributed by atoms with Crippen LogP contribution < -0.4 is 14.8 Å². The Kier molecular flexibility index (Phi) is 5.92. The van der Waals surface area contributed by atoms with Crippen LogP contribution >= 0.6 is 0 Å².